The minimum absolute atomic E-state index is 0.0224. The first-order chi connectivity index (χ1) is 16.3. The van der Waals surface area contributed by atoms with Gasteiger partial charge in [0, 0.05) is 31.7 Å². The molecule has 1 saturated heterocycles. The second kappa shape index (κ2) is 10.1. The van der Waals surface area contributed by atoms with E-state index in [1.807, 2.05) is 11.0 Å². The maximum Gasteiger partial charge on any atom is 0.573 e. The van der Waals surface area contributed by atoms with Gasteiger partial charge in [-0.15, -0.1) is 13.2 Å². The van der Waals surface area contributed by atoms with Gasteiger partial charge < -0.3 is 24.0 Å². The van der Waals surface area contributed by atoms with Gasteiger partial charge >= 0.3 is 6.36 Å². The molecule has 184 valence electrons. The monoisotopic (exact) mass is 478 g/mol. The summed E-state index contributed by atoms with van der Waals surface area (Å²) in [6.07, 6.45) is -1.82. The van der Waals surface area contributed by atoms with Crippen LogP contribution in [0.2, 0.25) is 0 Å². The third-order valence-electron chi connectivity index (χ3n) is 6.44. The number of benzene rings is 2. The molecule has 2 aliphatic heterocycles. The van der Waals surface area contributed by atoms with Crippen molar-refractivity contribution in [1.82, 2.24) is 9.80 Å². The Kier molecular flexibility index (Phi) is 7.21. The second-order valence-corrected chi connectivity index (χ2v) is 8.80. The predicted octanol–water partition coefficient (Wildman–Crippen LogP) is 4.51. The molecule has 9 heteroatoms. The fourth-order valence-corrected chi connectivity index (χ4v) is 4.81. The SMILES string of the molecule is COc1cc2c(cc1OC)C(=O)N(CC1CCCN(CCc3ccc(OC(F)(F)F)cc3)C1)C2. The number of carbonyl (C=O) groups is 1. The van der Waals surface area contributed by atoms with Crippen molar-refractivity contribution in [1.29, 1.82) is 0 Å². The van der Waals surface area contributed by atoms with Crippen LogP contribution in [0.1, 0.15) is 34.3 Å². The number of hydrogen-bond acceptors (Lipinski definition) is 5. The van der Waals surface area contributed by atoms with Crippen LogP contribution in [0.25, 0.3) is 0 Å². The fraction of sp³-hybridized carbons (Fsp3) is 0.480. The number of piperidine rings is 1. The van der Waals surface area contributed by atoms with E-state index < -0.39 is 6.36 Å². The average molecular weight is 479 g/mol. The molecule has 2 aromatic rings. The van der Waals surface area contributed by atoms with Crippen molar-refractivity contribution in [2.45, 2.75) is 32.2 Å². The highest BCUT2D eigenvalue weighted by Crippen LogP contribution is 2.35. The summed E-state index contributed by atoms with van der Waals surface area (Å²) in [7, 11) is 3.14. The first-order valence-corrected chi connectivity index (χ1v) is 11.4. The zero-order valence-electron chi connectivity index (χ0n) is 19.4. The molecule has 0 radical (unpaired) electrons. The quantitative estimate of drug-likeness (QED) is 0.559. The number of methoxy groups -OCH3 is 2. The molecular formula is C25H29F3N2O4. The molecule has 0 spiro atoms. The Labute approximate surface area is 197 Å². The van der Waals surface area contributed by atoms with Crippen LogP contribution in [0.4, 0.5) is 13.2 Å². The fourth-order valence-electron chi connectivity index (χ4n) is 4.81. The Balaban J connectivity index is 1.30. The lowest BCUT2D eigenvalue weighted by molar-refractivity contribution is -0.274. The van der Waals surface area contributed by atoms with Crippen molar-refractivity contribution in [3.63, 3.8) is 0 Å². The van der Waals surface area contributed by atoms with Gasteiger partial charge in [-0.3, -0.25) is 4.79 Å². The van der Waals surface area contributed by atoms with Crippen LogP contribution in [-0.4, -0.2) is 62.5 Å². The topological polar surface area (TPSA) is 51.2 Å². The summed E-state index contributed by atoms with van der Waals surface area (Å²) in [4.78, 5) is 17.2. The molecule has 0 aliphatic carbocycles. The van der Waals surface area contributed by atoms with Crippen molar-refractivity contribution in [3.8, 4) is 17.2 Å². The molecule has 0 aromatic heterocycles. The summed E-state index contributed by atoms with van der Waals surface area (Å²) >= 11 is 0. The normalized spacial score (nSPS) is 18.7. The van der Waals surface area contributed by atoms with Gasteiger partial charge in [0.2, 0.25) is 0 Å². The van der Waals surface area contributed by atoms with Gasteiger partial charge in [0.15, 0.2) is 11.5 Å². The number of ether oxygens (including phenoxy) is 3. The van der Waals surface area contributed by atoms with Gasteiger partial charge in [-0.05, 0) is 67.1 Å². The Morgan fingerprint density at radius 3 is 2.44 bits per heavy atom. The zero-order chi connectivity index (χ0) is 24.3. The van der Waals surface area contributed by atoms with Crippen LogP contribution in [0.5, 0.6) is 17.2 Å². The molecular weight excluding hydrogens is 449 g/mol. The van der Waals surface area contributed by atoms with Gasteiger partial charge in [-0.1, -0.05) is 12.1 Å². The van der Waals surface area contributed by atoms with Crippen molar-refractivity contribution >= 4 is 5.91 Å². The van der Waals surface area contributed by atoms with Crippen molar-refractivity contribution in [2.75, 3.05) is 40.4 Å². The highest BCUT2D eigenvalue weighted by molar-refractivity contribution is 5.99. The van der Waals surface area contributed by atoms with E-state index in [1.54, 1.807) is 32.4 Å². The molecule has 6 nitrogen and oxygen atoms in total. The van der Waals surface area contributed by atoms with Crippen LogP contribution in [-0.2, 0) is 13.0 Å². The Morgan fingerprint density at radius 2 is 1.76 bits per heavy atom. The Hall–Kier alpha value is -2.94. The van der Waals surface area contributed by atoms with Gasteiger partial charge in [0.25, 0.3) is 5.91 Å². The van der Waals surface area contributed by atoms with E-state index in [9.17, 15) is 18.0 Å². The molecule has 2 heterocycles. The van der Waals surface area contributed by atoms with Gasteiger partial charge in [-0.25, -0.2) is 0 Å². The summed E-state index contributed by atoms with van der Waals surface area (Å²) in [5.74, 6) is 1.37. The van der Waals surface area contributed by atoms with Crippen molar-refractivity contribution in [2.24, 2.45) is 5.92 Å². The number of rotatable bonds is 8. The highest BCUT2D eigenvalue weighted by atomic mass is 19.4. The summed E-state index contributed by atoms with van der Waals surface area (Å²) in [6.45, 7) is 3.95. The van der Waals surface area contributed by atoms with Gasteiger partial charge in [0.1, 0.15) is 5.75 Å². The molecule has 1 atom stereocenters. The number of halogens is 3. The molecule has 1 unspecified atom stereocenters. The van der Waals surface area contributed by atoms with Crippen LogP contribution in [0, 0.1) is 5.92 Å². The third-order valence-corrected chi connectivity index (χ3v) is 6.44. The molecule has 1 amide bonds. The Bertz CT molecular complexity index is 1010. The van der Waals surface area contributed by atoms with Crippen LogP contribution >= 0.6 is 0 Å². The molecule has 34 heavy (non-hydrogen) atoms. The lowest BCUT2D eigenvalue weighted by Crippen LogP contribution is -2.41. The zero-order valence-corrected chi connectivity index (χ0v) is 19.4. The van der Waals surface area contributed by atoms with Crippen LogP contribution in [0.3, 0.4) is 0 Å². The molecule has 2 aromatic carbocycles. The van der Waals surface area contributed by atoms with E-state index in [4.69, 9.17) is 9.47 Å². The maximum absolute atomic E-state index is 13.0. The lowest BCUT2D eigenvalue weighted by Gasteiger charge is -2.34. The standard InChI is InChI=1S/C25H29F3N2O4/c1-32-22-12-19-16-30(24(31)21(19)13-23(22)33-2)15-18-4-3-10-29(14-18)11-9-17-5-7-20(8-6-17)34-25(26,27)28/h5-8,12-13,18H,3-4,9-11,14-16H2,1-2H3. The summed E-state index contributed by atoms with van der Waals surface area (Å²) in [5, 5.41) is 0. The summed E-state index contributed by atoms with van der Waals surface area (Å²) < 4.78 is 51.6. The average Bonchev–Trinajstić information content (AvgIpc) is 3.11. The number of amides is 1. The number of nitrogens with zero attached hydrogens (tertiary/aromatic N) is 2. The van der Waals surface area contributed by atoms with E-state index in [0.29, 0.717) is 36.1 Å². The minimum Gasteiger partial charge on any atom is -0.493 e. The maximum atomic E-state index is 13.0. The molecule has 0 N–H and O–H groups in total. The van der Waals surface area contributed by atoms with E-state index in [1.165, 1.54) is 12.1 Å². The van der Waals surface area contributed by atoms with E-state index in [0.717, 1.165) is 50.0 Å². The van der Waals surface area contributed by atoms with E-state index in [2.05, 4.69) is 9.64 Å². The number of alkyl halides is 3. The lowest BCUT2D eigenvalue weighted by atomic mass is 9.97. The smallest absolute Gasteiger partial charge is 0.493 e. The van der Waals surface area contributed by atoms with Crippen molar-refractivity contribution in [3.05, 3.63) is 53.1 Å². The number of hydrogen-bond donors (Lipinski definition) is 0. The highest BCUT2D eigenvalue weighted by Gasteiger charge is 2.32. The van der Waals surface area contributed by atoms with Crippen LogP contribution < -0.4 is 14.2 Å². The molecule has 1 fully saturated rings. The number of likely N-dealkylation sites (tertiary alicyclic amines) is 1. The van der Waals surface area contributed by atoms with Gasteiger partial charge in [-0.2, -0.15) is 0 Å². The largest absolute Gasteiger partial charge is 0.573 e. The minimum atomic E-state index is -4.68. The first-order valence-electron chi connectivity index (χ1n) is 11.4. The first kappa shape index (κ1) is 24.2. The molecule has 0 saturated carbocycles. The number of fused-ring (bicyclic) bond motifs is 1. The summed E-state index contributed by atoms with van der Waals surface area (Å²) in [6, 6.07) is 9.68. The number of carbonyl (C=O) groups excluding carboxylic acids is 1. The summed E-state index contributed by atoms with van der Waals surface area (Å²) in [5.41, 5.74) is 2.58. The van der Waals surface area contributed by atoms with Crippen LogP contribution in [0.15, 0.2) is 36.4 Å². The molecule has 2 aliphatic rings. The molecule has 4 rings (SSSR count). The predicted molar refractivity (Wildman–Crippen MR) is 120 cm³/mol. The van der Waals surface area contributed by atoms with Gasteiger partial charge in [0.05, 0.1) is 14.2 Å². The molecule has 0 bridgehead atoms. The second-order valence-electron chi connectivity index (χ2n) is 8.80. The Morgan fingerprint density at radius 1 is 1.06 bits per heavy atom. The van der Waals surface area contributed by atoms with E-state index in [-0.39, 0.29) is 11.7 Å². The third kappa shape index (κ3) is 5.75. The van der Waals surface area contributed by atoms with Crippen molar-refractivity contribution < 1.29 is 32.2 Å². The van der Waals surface area contributed by atoms with E-state index >= 15 is 0 Å².